The average Bonchev–Trinajstić information content (AvgIpc) is 2.12. The van der Waals surface area contributed by atoms with Gasteiger partial charge >= 0.3 is 5.97 Å². The Morgan fingerprint density at radius 1 is 1.40 bits per heavy atom. The molecule has 0 spiro atoms. The van der Waals surface area contributed by atoms with Gasteiger partial charge in [-0.25, -0.2) is 0 Å². The molecule has 15 heavy (non-hydrogen) atoms. The minimum atomic E-state index is -1.16. The Morgan fingerprint density at radius 3 is 2.13 bits per heavy atom. The maximum absolute atomic E-state index is 11.1. The number of carbonyl (C=O) groups excluding carboxylic acids is 1. The van der Waals surface area contributed by atoms with Gasteiger partial charge in [0.15, 0.2) is 6.29 Å². The number of ether oxygens (including phenoxy) is 2. The van der Waals surface area contributed by atoms with E-state index in [1.54, 1.807) is 13.8 Å². The number of rotatable bonds is 6. The van der Waals surface area contributed by atoms with Crippen LogP contribution in [-0.4, -0.2) is 36.4 Å². The number of hydrogen-bond acceptors (Lipinski definition) is 4. The second-order valence-corrected chi connectivity index (χ2v) is 3.60. The van der Waals surface area contributed by atoms with Crippen molar-refractivity contribution in [1.29, 1.82) is 0 Å². The number of carbonyl (C=O) groups is 2. The summed E-state index contributed by atoms with van der Waals surface area (Å²) >= 11 is 0. The number of Topliss-reactive ketones (excluding diaryl/α,β-unsaturated/α-hetero) is 1. The molecule has 86 valence electrons. The van der Waals surface area contributed by atoms with Gasteiger partial charge in [0, 0.05) is 26.1 Å². The lowest BCUT2D eigenvalue weighted by molar-refractivity contribution is -0.229. The van der Waals surface area contributed by atoms with Gasteiger partial charge in [0.25, 0.3) is 0 Å². The van der Waals surface area contributed by atoms with Crippen molar-refractivity contribution in [3.05, 3.63) is 0 Å². The van der Waals surface area contributed by atoms with Gasteiger partial charge in [-0.1, -0.05) is 0 Å². The van der Waals surface area contributed by atoms with E-state index in [9.17, 15) is 9.59 Å². The van der Waals surface area contributed by atoms with E-state index in [1.165, 1.54) is 0 Å². The van der Waals surface area contributed by atoms with E-state index in [0.717, 1.165) is 0 Å². The Bertz CT molecular complexity index is 247. The van der Waals surface area contributed by atoms with E-state index in [2.05, 4.69) is 0 Å². The van der Waals surface area contributed by atoms with Crippen LogP contribution in [0.2, 0.25) is 0 Å². The summed E-state index contributed by atoms with van der Waals surface area (Å²) in [7, 11) is 0. The van der Waals surface area contributed by atoms with E-state index >= 15 is 0 Å². The number of carboxylic acid groups (broad SMARTS) is 1. The van der Waals surface area contributed by atoms with Crippen molar-refractivity contribution in [2.45, 2.75) is 33.0 Å². The highest BCUT2D eigenvalue weighted by molar-refractivity contribution is 5.97. The molecule has 0 unspecified atom stereocenters. The Kier molecular flexibility index (Phi) is 3.82. The third-order valence-corrected chi connectivity index (χ3v) is 2.54. The first-order chi connectivity index (χ1) is 7.06. The number of carboxylic acids is 1. The topological polar surface area (TPSA) is 72.8 Å². The molecule has 0 aliphatic heterocycles. The maximum atomic E-state index is 11.1. The molecule has 5 nitrogen and oxygen atoms in total. The molecule has 1 fully saturated rings. The largest absolute Gasteiger partial charge is 0.481 e. The highest BCUT2D eigenvalue weighted by Crippen LogP contribution is 2.43. The fourth-order valence-electron chi connectivity index (χ4n) is 1.74. The molecule has 0 aromatic rings. The van der Waals surface area contributed by atoms with E-state index < -0.39 is 17.7 Å². The fourth-order valence-corrected chi connectivity index (χ4v) is 1.74. The molecule has 0 amide bonds. The third-order valence-electron chi connectivity index (χ3n) is 2.54. The molecule has 1 N–H and O–H groups in total. The van der Waals surface area contributed by atoms with Gasteiger partial charge < -0.3 is 14.6 Å². The molecule has 1 aliphatic rings. The van der Waals surface area contributed by atoms with Crippen molar-refractivity contribution < 1.29 is 24.2 Å². The van der Waals surface area contributed by atoms with Crippen LogP contribution < -0.4 is 0 Å². The second kappa shape index (κ2) is 4.72. The normalized spacial score (nSPS) is 19.0. The summed E-state index contributed by atoms with van der Waals surface area (Å²) in [4.78, 5) is 22.1. The van der Waals surface area contributed by atoms with Gasteiger partial charge in [0.05, 0.1) is 0 Å². The highest BCUT2D eigenvalue weighted by Gasteiger charge is 2.57. The predicted molar refractivity (Wildman–Crippen MR) is 51.3 cm³/mol. The molecular weight excluding hydrogens is 200 g/mol. The Labute approximate surface area is 88.4 Å². The zero-order valence-corrected chi connectivity index (χ0v) is 8.99. The first kappa shape index (κ1) is 12.1. The predicted octanol–water partition coefficient (Wildman–Crippen LogP) is 0.819. The zero-order valence-electron chi connectivity index (χ0n) is 8.99. The van der Waals surface area contributed by atoms with Crippen LogP contribution in [0.1, 0.15) is 26.7 Å². The first-order valence-corrected chi connectivity index (χ1v) is 5.05. The summed E-state index contributed by atoms with van der Waals surface area (Å²) in [6, 6.07) is 0. The van der Waals surface area contributed by atoms with Crippen molar-refractivity contribution in [3.63, 3.8) is 0 Å². The minimum absolute atomic E-state index is 0.00694. The Hall–Kier alpha value is -0.940. The van der Waals surface area contributed by atoms with Crippen LogP contribution in [0.15, 0.2) is 0 Å². The van der Waals surface area contributed by atoms with Gasteiger partial charge in [-0.3, -0.25) is 9.59 Å². The van der Waals surface area contributed by atoms with Gasteiger partial charge in [0.2, 0.25) is 0 Å². The number of hydrogen-bond donors (Lipinski definition) is 1. The van der Waals surface area contributed by atoms with Crippen molar-refractivity contribution in [2.24, 2.45) is 5.41 Å². The number of aliphatic carboxylic acids is 1. The summed E-state index contributed by atoms with van der Waals surface area (Å²) in [6.45, 7) is 4.27. The third kappa shape index (κ3) is 2.18. The summed E-state index contributed by atoms with van der Waals surface area (Å²) in [5.74, 6) is -1.07. The van der Waals surface area contributed by atoms with Gasteiger partial charge in [-0.15, -0.1) is 0 Å². The van der Waals surface area contributed by atoms with Crippen LogP contribution >= 0.6 is 0 Å². The molecular formula is C10H16O5. The van der Waals surface area contributed by atoms with Gasteiger partial charge in [0.1, 0.15) is 11.2 Å². The molecule has 0 aromatic carbocycles. The van der Waals surface area contributed by atoms with Crippen molar-refractivity contribution in [3.8, 4) is 0 Å². The second-order valence-electron chi connectivity index (χ2n) is 3.60. The summed E-state index contributed by atoms with van der Waals surface area (Å²) in [5, 5.41) is 9.11. The Morgan fingerprint density at radius 2 is 1.87 bits per heavy atom. The molecule has 1 rings (SSSR count). The van der Waals surface area contributed by atoms with Crippen molar-refractivity contribution in [2.75, 3.05) is 13.2 Å². The molecule has 0 bridgehead atoms. The fraction of sp³-hybridized carbons (Fsp3) is 0.800. The number of ketones is 1. The summed E-state index contributed by atoms with van der Waals surface area (Å²) < 4.78 is 10.5. The SMILES string of the molecule is CCOC(OCC)C1(C(=O)O)CC(=O)C1. The molecule has 0 heterocycles. The lowest BCUT2D eigenvalue weighted by Crippen LogP contribution is -2.54. The van der Waals surface area contributed by atoms with Crippen LogP contribution in [0.4, 0.5) is 0 Å². The van der Waals surface area contributed by atoms with Crippen molar-refractivity contribution in [1.82, 2.24) is 0 Å². The molecule has 0 saturated heterocycles. The minimum Gasteiger partial charge on any atom is -0.481 e. The zero-order chi connectivity index (χ0) is 11.5. The van der Waals surface area contributed by atoms with Crippen LogP contribution in [0.5, 0.6) is 0 Å². The molecule has 1 aliphatic carbocycles. The van der Waals surface area contributed by atoms with Gasteiger partial charge in [-0.2, -0.15) is 0 Å². The quantitative estimate of drug-likeness (QED) is 0.665. The monoisotopic (exact) mass is 216 g/mol. The summed E-state index contributed by atoms with van der Waals surface area (Å²) in [5.41, 5.74) is -1.16. The first-order valence-electron chi connectivity index (χ1n) is 5.05. The van der Waals surface area contributed by atoms with Crippen LogP contribution in [0, 0.1) is 5.41 Å². The van der Waals surface area contributed by atoms with Crippen LogP contribution in [0.25, 0.3) is 0 Å². The van der Waals surface area contributed by atoms with E-state index in [4.69, 9.17) is 14.6 Å². The lowest BCUT2D eigenvalue weighted by Gasteiger charge is -2.41. The van der Waals surface area contributed by atoms with E-state index in [-0.39, 0.29) is 18.6 Å². The van der Waals surface area contributed by atoms with Crippen LogP contribution in [0.3, 0.4) is 0 Å². The van der Waals surface area contributed by atoms with Crippen molar-refractivity contribution >= 4 is 11.8 Å². The molecule has 0 radical (unpaired) electrons. The molecule has 5 heteroatoms. The van der Waals surface area contributed by atoms with Gasteiger partial charge in [-0.05, 0) is 13.8 Å². The Balaban J connectivity index is 2.76. The average molecular weight is 216 g/mol. The highest BCUT2D eigenvalue weighted by atomic mass is 16.7. The van der Waals surface area contributed by atoms with Crippen LogP contribution in [-0.2, 0) is 19.1 Å². The smallest absolute Gasteiger partial charge is 0.315 e. The molecule has 0 aromatic heterocycles. The molecule has 0 atom stereocenters. The van der Waals surface area contributed by atoms with E-state index in [0.29, 0.717) is 13.2 Å². The standard InChI is InChI=1S/C10H16O5/c1-3-14-9(15-4-2)10(8(12)13)5-7(11)6-10/h9H,3-6H2,1-2H3,(H,12,13). The molecule has 1 saturated carbocycles. The van der Waals surface area contributed by atoms with E-state index in [1.807, 2.05) is 0 Å². The lowest BCUT2D eigenvalue weighted by atomic mass is 9.67. The maximum Gasteiger partial charge on any atom is 0.315 e. The summed E-state index contributed by atoms with van der Waals surface area (Å²) in [6.07, 6.45) is -0.803.